The first-order chi connectivity index (χ1) is 10.4. The lowest BCUT2D eigenvalue weighted by atomic mass is 10.00. The zero-order valence-corrected chi connectivity index (χ0v) is 11.5. The molecule has 0 spiro atoms. The first-order valence-corrected chi connectivity index (χ1v) is 6.90. The zero-order valence-electron chi connectivity index (χ0n) is 11.5. The normalized spacial score (nSPS) is 19.3. The first-order valence-electron chi connectivity index (χ1n) is 6.90. The second kappa shape index (κ2) is 5.60. The average Bonchev–Trinajstić information content (AvgIpc) is 2.97. The molecule has 1 fully saturated rings. The monoisotopic (exact) mass is 313 g/mol. The van der Waals surface area contributed by atoms with Crippen molar-refractivity contribution in [2.45, 2.75) is 24.9 Å². The predicted molar refractivity (Wildman–Crippen MR) is 71.2 cm³/mol. The number of piperidine rings is 1. The Morgan fingerprint density at radius 3 is 2.82 bits per heavy atom. The van der Waals surface area contributed by atoms with Gasteiger partial charge >= 0.3 is 6.18 Å². The molecule has 2 heterocycles. The number of nitrogens with zero attached hydrogens (tertiary/aromatic N) is 2. The van der Waals surface area contributed by atoms with Gasteiger partial charge < -0.3 is 14.9 Å². The van der Waals surface area contributed by atoms with Gasteiger partial charge in [-0.2, -0.15) is 18.2 Å². The fourth-order valence-corrected chi connectivity index (χ4v) is 2.48. The van der Waals surface area contributed by atoms with Crippen LogP contribution >= 0.6 is 0 Å². The van der Waals surface area contributed by atoms with E-state index in [1.807, 2.05) is 0 Å². The number of rotatable bonds is 2. The number of hydrogen-bond donors (Lipinski definition) is 2. The molecular formula is C14H14F3N3O2. The number of aromatic nitrogens is 2. The molecule has 2 N–H and O–H groups in total. The summed E-state index contributed by atoms with van der Waals surface area (Å²) in [5, 5.41) is 16.3. The summed E-state index contributed by atoms with van der Waals surface area (Å²) in [5.41, 5.74) is -0.959. The number of halogens is 3. The average molecular weight is 313 g/mol. The van der Waals surface area contributed by atoms with E-state index in [0.717, 1.165) is 31.5 Å². The molecule has 0 radical (unpaired) electrons. The summed E-state index contributed by atoms with van der Waals surface area (Å²) in [5.74, 6) is -0.236. The Labute approximate surface area is 124 Å². The molecule has 1 atom stereocenters. The lowest BCUT2D eigenvalue weighted by Crippen LogP contribution is -2.28. The molecule has 1 aliphatic rings. The largest absolute Gasteiger partial charge is 0.507 e. The fraction of sp³-hybridized carbons (Fsp3) is 0.429. The molecular weight excluding hydrogens is 299 g/mol. The number of hydrogen-bond acceptors (Lipinski definition) is 5. The van der Waals surface area contributed by atoms with E-state index >= 15 is 0 Å². The van der Waals surface area contributed by atoms with E-state index in [2.05, 4.69) is 15.5 Å². The minimum absolute atomic E-state index is 0.0780. The molecule has 2 aromatic rings. The summed E-state index contributed by atoms with van der Waals surface area (Å²) in [6.07, 6.45) is -2.75. The molecule has 1 aromatic carbocycles. The minimum atomic E-state index is -4.64. The number of benzene rings is 1. The van der Waals surface area contributed by atoms with E-state index < -0.39 is 17.5 Å². The Morgan fingerprint density at radius 2 is 2.14 bits per heavy atom. The van der Waals surface area contributed by atoms with Crippen LogP contribution in [0.4, 0.5) is 13.2 Å². The van der Waals surface area contributed by atoms with Gasteiger partial charge in [0, 0.05) is 12.1 Å². The van der Waals surface area contributed by atoms with Crippen molar-refractivity contribution in [3.8, 4) is 17.1 Å². The van der Waals surface area contributed by atoms with Gasteiger partial charge in [0.25, 0.3) is 0 Å². The lowest BCUT2D eigenvalue weighted by molar-refractivity contribution is -0.138. The van der Waals surface area contributed by atoms with Gasteiger partial charge in [0.2, 0.25) is 11.7 Å². The second-order valence-corrected chi connectivity index (χ2v) is 5.23. The zero-order chi connectivity index (χ0) is 15.7. The first kappa shape index (κ1) is 14.8. The minimum Gasteiger partial charge on any atom is -0.507 e. The van der Waals surface area contributed by atoms with Crippen molar-refractivity contribution in [2.24, 2.45) is 0 Å². The van der Waals surface area contributed by atoms with Crippen LogP contribution < -0.4 is 5.32 Å². The Hall–Kier alpha value is -2.09. The maximum absolute atomic E-state index is 12.8. The van der Waals surface area contributed by atoms with Crippen LogP contribution in [0.15, 0.2) is 22.7 Å². The fourth-order valence-electron chi connectivity index (χ4n) is 2.48. The predicted octanol–water partition coefficient (Wildman–Crippen LogP) is 2.93. The number of aromatic hydroxyl groups is 1. The summed E-state index contributed by atoms with van der Waals surface area (Å²) in [7, 11) is 0. The highest BCUT2D eigenvalue weighted by atomic mass is 19.4. The van der Waals surface area contributed by atoms with Crippen LogP contribution in [0.1, 0.15) is 30.2 Å². The molecule has 0 saturated carbocycles. The molecule has 22 heavy (non-hydrogen) atoms. The van der Waals surface area contributed by atoms with E-state index in [-0.39, 0.29) is 17.3 Å². The summed E-state index contributed by atoms with van der Waals surface area (Å²) in [4.78, 5) is 4.19. The van der Waals surface area contributed by atoms with Gasteiger partial charge in [-0.3, -0.25) is 0 Å². The molecule has 1 unspecified atom stereocenters. The maximum atomic E-state index is 12.8. The topological polar surface area (TPSA) is 71.2 Å². The van der Waals surface area contributed by atoms with Gasteiger partial charge in [0.1, 0.15) is 5.75 Å². The summed E-state index contributed by atoms with van der Waals surface area (Å²) < 4.78 is 43.6. The van der Waals surface area contributed by atoms with Crippen LogP contribution in [0.5, 0.6) is 5.75 Å². The van der Waals surface area contributed by atoms with Gasteiger partial charge in [-0.15, -0.1) is 0 Å². The van der Waals surface area contributed by atoms with Gasteiger partial charge in [0.15, 0.2) is 0 Å². The third-order valence-corrected chi connectivity index (χ3v) is 3.65. The van der Waals surface area contributed by atoms with Crippen molar-refractivity contribution >= 4 is 0 Å². The van der Waals surface area contributed by atoms with E-state index in [9.17, 15) is 18.3 Å². The van der Waals surface area contributed by atoms with Crippen molar-refractivity contribution in [1.82, 2.24) is 15.5 Å². The Bertz CT molecular complexity index is 664. The van der Waals surface area contributed by atoms with Gasteiger partial charge in [0.05, 0.1) is 11.5 Å². The number of alkyl halides is 3. The quantitative estimate of drug-likeness (QED) is 0.892. The van der Waals surface area contributed by atoms with Crippen molar-refractivity contribution in [3.63, 3.8) is 0 Å². The highest BCUT2D eigenvalue weighted by Crippen LogP contribution is 2.37. The van der Waals surface area contributed by atoms with Crippen molar-refractivity contribution in [2.75, 3.05) is 13.1 Å². The maximum Gasteiger partial charge on any atom is 0.419 e. The Morgan fingerprint density at radius 1 is 1.32 bits per heavy atom. The summed E-state index contributed by atoms with van der Waals surface area (Å²) in [6.45, 7) is 1.65. The van der Waals surface area contributed by atoms with E-state index in [1.165, 1.54) is 6.07 Å². The summed E-state index contributed by atoms with van der Waals surface area (Å²) in [6, 6.07) is 3.14. The smallest absolute Gasteiger partial charge is 0.419 e. The molecule has 1 saturated heterocycles. The van der Waals surface area contributed by atoms with Crippen molar-refractivity contribution < 1.29 is 22.8 Å². The molecule has 0 amide bonds. The molecule has 0 aliphatic carbocycles. The third-order valence-electron chi connectivity index (χ3n) is 3.65. The molecule has 118 valence electrons. The van der Waals surface area contributed by atoms with Crippen LogP contribution in [0.2, 0.25) is 0 Å². The molecule has 8 heteroatoms. The second-order valence-electron chi connectivity index (χ2n) is 5.23. The van der Waals surface area contributed by atoms with Gasteiger partial charge in [-0.25, -0.2) is 0 Å². The number of phenolic OH excluding ortho intramolecular Hbond substituents is 1. The SMILES string of the molecule is Oc1ccc(-c2noc(C3CCCNC3)n2)cc1C(F)(F)F. The molecule has 1 aliphatic heterocycles. The van der Waals surface area contributed by atoms with E-state index in [4.69, 9.17) is 4.52 Å². The molecule has 5 nitrogen and oxygen atoms in total. The molecule has 0 bridgehead atoms. The van der Waals surface area contributed by atoms with E-state index in [1.54, 1.807) is 0 Å². The van der Waals surface area contributed by atoms with Crippen LogP contribution in [-0.2, 0) is 6.18 Å². The van der Waals surface area contributed by atoms with Crippen molar-refractivity contribution in [3.05, 3.63) is 29.7 Å². The molecule has 3 rings (SSSR count). The number of phenols is 1. The molecule has 1 aromatic heterocycles. The Kier molecular flexibility index (Phi) is 3.78. The van der Waals surface area contributed by atoms with Crippen LogP contribution in [0.25, 0.3) is 11.4 Å². The van der Waals surface area contributed by atoms with Crippen LogP contribution in [-0.4, -0.2) is 28.3 Å². The summed E-state index contributed by atoms with van der Waals surface area (Å²) >= 11 is 0. The van der Waals surface area contributed by atoms with Gasteiger partial charge in [-0.05, 0) is 37.6 Å². The Balaban J connectivity index is 1.90. The van der Waals surface area contributed by atoms with Gasteiger partial charge in [-0.1, -0.05) is 5.16 Å². The van der Waals surface area contributed by atoms with E-state index in [0.29, 0.717) is 12.4 Å². The van der Waals surface area contributed by atoms with Crippen LogP contribution in [0.3, 0.4) is 0 Å². The standard InChI is InChI=1S/C14H14F3N3O2/c15-14(16,17)10-6-8(3-4-11(10)21)12-19-13(22-20-12)9-2-1-5-18-7-9/h3-4,6,9,18,21H,1-2,5,7H2. The lowest BCUT2D eigenvalue weighted by Gasteiger charge is -2.18. The number of nitrogens with one attached hydrogen (secondary N) is 1. The third kappa shape index (κ3) is 2.92. The van der Waals surface area contributed by atoms with Crippen molar-refractivity contribution in [1.29, 1.82) is 0 Å². The highest BCUT2D eigenvalue weighted by Gasteiger charge is 2.34. The highest BCUT2D eigenvalue weighted by molar-refractivity contribution is 5.58. The van der Waals surface area contributed by atoms with Crippen LogP contribution in [0, 0.1) is 0 Å².